The van der Waals surface area contributed by atoms with Gasteiger partial charge in [0.15, 0.2) is 6.29 Å². The van der Waals surface area contributed by atoms with Gasteiger partial charge in [-0.1, -0.05) is 214 Å². The average molecular weight is 1060 g/mol. The molecule has 6 unspecified atom stereocenters. The van der Waals surface area contributed by atoms with E-state index in [9.17, 15) is 33.1 Å². The number of aliphatic hydroxyl groups excluding tert-OH is 3. The molecule has 0 aromatic rings. The third-order valence-corrected chi connectivity index (χ3v) is 13.2. The van der Waals surface area contributed by atoms with Crippen LogP contribution in [-0.2, 0) is 38.3 Å². The lowest BCUT2D eigenvalue weighted by molar-refractivity contribution is -0.301. The lowest BCUT2D eigenvalue weighted by Crippen LogP contribution is -2.60. The normalized spacial score (nSPS) is 19.5. The van der Waals surface area contributed by atoms with Crippen molar-refractivity contribution in [2.24, 2.45) is 0 Å². The van der Waals surface area contributed by atoms with Crippen molar-refractivity contribution in [3.8, 4) is 0 Å². The van der Waals surface area contributed by atoms with E-state index in [2.05, 4.69) is 115 Å². The molecule has 4 N–H and O–H groups in total. The lowest BCUT2D eigenvalue weighted by Gasteiger charge is -2.41. The molecule has 1 aliphatic rings. The Morgan fingerprint density at radius 3 is 1.36 bits per heavy atom. The van der Waals surface area contributed by atoms with Gasteiger partial charge in [0.25, 0.3) is 0 Å². The highest BCUT2D eigenvalue weighted by Gasteiger charge is 2.48. The average Bonchev–Trinajstić information content (AvgIpc) is 3.38. The molecule has 74 heavy (non-hydrogen) atoms. The Bertz CT molecular complexity index is 1650. The minimum atomic E-state index is -5.08. The maximum atomic E-state index is 13.0. The molecule has 6 atom stereocenters. The van der Waals surface area contributed by atoms with Crippen LogP contribution in [0.5, 0.6) is 0 Å². The number of carbonyl (C=O) groups excluding carboxylic acids is 1. The van der Waals surface area contributed by atoms with E-state index in [0.717, 1.165) is 89.9 Å². The second-order valence-electron chi connectivity index (χ2n) is 19.5. The molecule has 0 saturated carbocycles. The molecule has 1 fully saturated rings. The number of carbonyl (C=O) groups is 1. The Hall–Kier alpha value is -2.98. The summed E-state index contributed by atoms with van der Waals surface area (Å²) in [7, 11) is -5.08. The van der Waals surface area contributed by atoms with Gasteiger partial charge in [0.1, 0.15) is 30.5 Å². The first-order valence-electron chi connectivity index (χ1n) is 29.0. The summed E-state index contributed by atoms with van der Waals surface area (Å²) in [6.07, 6.45) is 61.5. The number of unbranched alkanes of at least 4 members (excludes halogenated alkanes) is 21. The molecule has 1 rings (SSSR count). The molecule has 1 aliphatic heterocycles. The molecule has 13 heteroatoms. The van der Waals surface area contributed by atoms with Gasteiger partial charge in [0, 0.05) is 13.0 Å². The summed E-state index contributed by atoms with van der Waals surface area (Å²) in [6.45, 7) is 3.84. The van der Waals surface area contributed by atoms with E-state index in [1.807, 2.05) is 0 Å². The van der Waals surface area contributed by atoms with E-state index in [1.165, 1.54) is 103 Å². The molecule has 1 heterocycles. The molecular weight excluding hydrogens is 957 g/mol. The molecule has 12 nitrogen and oxygen atoms in total. The van der Waals surface area contributed by atoms with Crippen molar-refractivity contribution in [3.05, 3.63) is 97.2 Å². The minimum absolute atomic E-state index is 0.0190. The number of ether oxygens (including phenoxy) is 4. The number of allylic oxidation sites excluding steroid dienone is 16. The summed E-state index contributed by atoms with van der Waals surface area (Å²) >= 11 is 0. The highest BCUT2D eigenvalue weighted by atomic mass is 32.3. The summed E-state index contributed by atoms with van der Waals surface area (Å²) in [4.78, 5) is 13.0. The second kappa shape index (κ2) is 50.8. The number of hydrogen-bond donors (Lipinski definition) is 4. The fourth-order valence-electron chi connectivity index (χ4n) is 8.35. The molecule has 0 aliphatic carbocycles. The van der Waals surface area contributed by atoms with E-state index >= 15 is 0 Å². The smallest absolute Gasteiger partial charge is 0.397 e. The summed E-state index contributed by atoms with van der Waals surface area (Å²) in [6, 6.07) is 0. The third kappa shape index (κ3) is 43.2. The second-order valence-corrected chi connectivity index (χ2v) is 20.5. The summed E-state index contributed by atoms with van der Waals surface area (Å²) in [5.41, 5.74) is 0. The van der Waals surface area contributed by atoms with Gasteiger partial charge in [-0.25, -0.2) is 4.18 Å². The Labute approximate surface area is 450 Å². The van der Waals surface area contributed by atoms with Gasteiger partial charge in [0.05, 0.1) is 19.8 Å². The van der Waals surface area contributed by atoms with Crippen LogP contribution in [0.1, 0.15) is 219 Å². The molecule has 0 spiro atoms. The van der Waals surface area contributed by atoms with Crippen LogP contribution in [0.2, 0.25) is 0 Å². The first kappa shape index (κ1) is 69.0. The third-order valence-electron chi connectivity index (χ3n) is 12.7. The van der Waals surface area contributed by atoms with Crippen LogP contribution in [0.3, 0.4) is 0 Å². The predicted octanol–water partition coefficient (Wildman–Crippen LogP) is 14.5. The molecular formula is C61H104O12S. The Kier molecular flexibility index (Phi) is 47.4. The maximum absolute atomic E-state index is 13.0. The topological polar surface area (TPSA) is 178 Å². The zero-order valence-corrected chi connectivity index (χ0v) is 46.9. The van der Waals surface area contributed by atoms with Crippen LogP contribution in [0.4, 0.5) is 0 Å². The molecule has 0 radical (unpaired) electrons. The fourth-order valence-corrected chi connectivity index (χ4v) is 8.86. The summed E-state index contributed by atoms with van der Waals surface area (Å²) in [5.74, 6) is -0.425. The summed E-state index contributed by atoms with van der Waals surface area (Å²) in [5, 5.41) is 30.9. The maximum Gasteiger partial charge on any atom is 0.397 e. The van der Waals surface area contributed by atoms with Crippen molar-refractivity contribution in [3.63, 3.8) is 0 Å². The van der Waals surface area contributed by atoms with Gasteiger partial charge >= 0.3 is 16.4 Å². The Balaban J connectivity index is 2.33. The van der Waals surface area contributed by atoms with E-state index in [1.54, 1.807) is 0 Å². The molecule has 426 valence electrons. The van der Waals surface area contributed by atoms with Crippen LogP contribution < -0.4 is 0 Å². The zero-order valence-electron chi connectivity index (χ0n) is 46.1. The van der Waals surface area contributed by atoms with Crippen LogP contribution >= 0.6 is 0 Å². The van der Waals surface area contributed by atoms with Gasteiger partial charge in [-0.05, 0) is 96.3 Å². The van der Waals surface area contributed by atoms with Crippen LogP contribution in [0.15, 0.2) is 97.2 Å². The van der Waals surface area contributed by atoms with E-state index in [0.29, 0.717) is 13.0 Å². The van der Waals surface area contributed by atoms with Crippen molar-refractivity contribution < 1.29 is 56.2 Å². The van der Waals surface area contributed by atoms with Gasteiger partial charge in [-0.2, -0.15) is 8.42 Å². The highest BCUT2D eigenvalue weighted by Crippen LogP contribution is 2.26. The molecule has 0 aromatic heterocycles. The van der Waals surface area contributed by atoms with Crippen molar-refractivity contribution in [1.29, 1.82) is 0 Å². The van der Waals surface area contributed by atoms with Gasteiger partial charge in [-0.15, -0.1) is 0 Å². The molecule has 1 saturated heterocycles. The number of aliphatic hydroxyl groups is 3. The molecule has 0 bridgehead atoms. The SMILES string of the molecule is CC/C=C\C/C=C\C/C=C\C/C=C\C/C=C\C/C=C\CCCCCCC(=O)OC(COCCCCCCCCCCCCCC/C=C\C/C=C\CCCCCCC)COC1OC(CO)C(O)C(OS(=O)(=O)O)C1O. The number of rotatable bonds is 50. The fraction of sp³-hybridized carbons (Fsp3) is 0.721. The minimum Gasteiger partial charge on any atom is -0.457 e. The van der Waals surface area contributed by atoms with Crippen LogP contribution in [0, 0.1) is 0 Å². The van der Waals surface area contributed by atoms with Crippen molar-refractivity contribution in [2.75, 3.05) is 26.4 Å². The standard InChI is InChI=1S/C61H104O12S/c1-3-5-7-9-11-13-15-17-19-21-23-25-27-29-31-33-35-37-39-41-43-45-47-49-51-69-53-55(54-70-61-59(65)60(73-74(66,67)68)58(64)56(52-62)72-61)71-57(63)50-48-46-44-42-40-38-36-34-32-30-28-26-24-22-20-18-16-14-12-10-8-6-4-2/h6,8,12,14-15,17-18,20-21,23-24,26,30,32,36,38,55-56,58-62,64-65H,3-5,7,9-11,13,16,19,22,25,27-29,31,33-35,37,39-54H2,1-2H3,(H,66,67,68)/b8-6-,14-12-,17-15-,20-18-,23-21-,26-24-,32-30-,38-36-. The van der Waals surface area contributed by atoms with E-state index in [4.69, 9.17) is 18.9 Å². The van der Waals surface area contributed by atoms with Crippen molar-refractivity contribution in [1.82, 2.24) is 0 Å². The van der Waals surface area contributed by atoms with Gasteiger partial charge in [0.2, 0.25) is 0 Å². The quantitative estimate of drug-likeness (QED) is 0.0196. The number of esters is 1. The largest absolute Gasteiger partial charge is 0.457 e. The van der Waals surface area contributed by atoms with Crippen molar-refractivity contribution in [2.45, 2.75) is 256 Å². The first-order valence-corrected chi connectivity index (χ1v) is 30.4. The Morgan fingerprint density at radius 1 is 0.527 bits per heavy atom. The first-order chi connectivity index (χ1) is 36.1. The predicted molar refractivity (Wildman–Crippen MR) is 303 cm³/mol. The highest BCUT2D eigenvalue weighted by molar-refractivity contribution is 7.80. The summed E-state index contributed by atoms with van der Waals surface area (Å²) < 4.78 is 59.4. The van der Waals surface area contributed by atoms with Gasteiger partial charge in [-0.3, -0.25) is 9.35 Å². The van der Waals surface area contributed by atoms with Crippen LogP contribution in [-0.4, -0.2) is 97.5 Å². The monoisotopic (exact) mass is 1060 g/mol. The number of hydrogen-bond acceptors (Lipinski definition) is 11. The van der Waals surface area contributed by atoms with Gasteiger partial charge < -0.3 is 34.3 Å². The lowest BCUT2D eigenvalue weighted by atomic mass is 9.99. The zero-order chi connectivity index (χ0) is 53.8. The molecule has 0 aromatic carbocycles. The van der Waals surface area contributed by atoms with Crippen molar-refractivity contribution >= 4 is 16.4 Å². The van der Waals surface area contributed by atoms with Crippen LogP contribution in [0.25, 0.3) is 0 Å². The molecule has 0 amide bonds. The van der Waals surface area contributed by atoms with E-state index in [-0.39, 0.29) is 19.6 Å². The Morgan fingerprint density at radius 2 is 0.932 bits per heavy atom. The van der Waals surface area contributed by atoms with E-state index < -0.39 is 59.8 Å².